The van der Waals surface area contributed by atoms with E-state index in [4.69, 9.17) is 5.11 Å². The van der Waals surface area contributed by atoms with Crippen molar-refractivity contribution in [2.24, 2.45) is 0 Å². The highest BCUT2D eigenvalue weighted by molar-refractivity contribution is 6.07. The van der Waals surface area contributed by atoms with Gasteiger partial charge in [0.15, 0.2) is 11.5 Å². The maximum atomic E-state index is 12.5. The van der Waals surface area contributed by atoms with E-state index in [9.17, 15) is 4.79 Å². The molecule has 2 aromatic rings. The first-order valence-electron chi connectivity index (χ1n) is 8.09. The number of fused-ring (bicyclic) bond motifs is 1. The van der Waals surface area contributed by atoms with Gasteiger partial charge in [-0.05, 0) is 12.8 Å². The number of aromatic nitrogens is 2. The minimum atomic E-state index is -0.227. The largest absolute Gasteiger partial charge is 0.395 e. The second-order valence-corrected chi connectivity index (χ2v) is 6.02. The van der Waals surface area contributed by atoms with Crippen LogP contribution in [0, 0.1) is 0 Å². The van der Waals surface area contributed by atoms with Gasteiger partial charge in [-0.1, -0.05) is 37.1 Å². The van der Waals surface area contributed by atoms with Crippen LogP contribution in [0.3, 0.4) is 0 Å². The minimum absolute atomic E-state index is 0.0745. The Kier molecular flexibility index (Phi) is 4.71. The zero-order chi connectivity index (χ0) is 16.2. The molecule has 0 unspecified atom stereocenters. The third kappa shape index (κ3) is 3.27. The van der Waals surface area contributed by atoms with Gasteiger partial charge < -0.3 is 15.3 Å². The van der Waals surface area contributed by atoms with Gasteiger partial charge in [0.25, 0.3) is 5.91 Å². The Balaban J connectivity index is 1.96. The number of nitrogens with zero attached hydrogens (tertiary/aromatic N) is 3. The number of hydrogen-bond donors (Lipinski definition) is 2. The summed E-state index contributed by atoms with van der Waals surface area (Å²) in [5, 5.41) is 22.6. The molecular formula is C17H22N4O2. The molecule has 1 amide bonds. The smallest absolute Gasteiger partial charge is 0.274 e. The molecule has 122 valence electrons. The van der Waals surface area contributed by atoms with Crippen molar-refractivity contribution in [2.45, 2.75) is 31.7 Å². The van der Waals surface area contributed by atoms with Crippen molar-refractivity contribution < 1.29 is 9.90 Å². The number of nitrogens with one attached hydrogen (secondary N) is 1. The molecule has 3 rings (SSSR count). The summed E-state index contributed by atoms with van der Waals surface area (Å²) in [5.74, 6) is 0.518. The molecule has 0 aliphatic heterocycles. The molecule has 0 atom stereocenters. The molecule has 0 spiro atoms. The lowest BCUT2D eigenvalue weighted by atomic mass is 10.1. The van der Waals surface area contributed by atoms with E-state index in [2.05, 4.69) is 15.5 Å². The average molecular weight is 314 g/mol. The molecule has 2 N–H and O–H groups in total. The molecule has 1 saturated carbocycles. The summed E-state index contributed by atoms with van der Waals surface area (Å²) in [7, 11) is 1.65. The Hall–Kier alpha value is -2.21. The lowest BCUT2D eigenvalue weighted by molar-refractivity contribution is 0.0762. The highest BCUT2D eigenvalue weighted by Gasteiger charge is 2.21. The minimum Gasteiger partial charge on any atom is -0.395 e. The summed E-state index contributed by atoms with van der Waals surface area (Å²) in [5.41, 5.74) is 0.327. The highest BCUT2D eigenvalue weighted by Crippen LogP contribution is 2.27. The number of anilines is 1. The van der Waals surface area contributed by atoms with Crippen LogP contribution in [0.2, 0.25) is 0 Å². The molecule has 1 aliphatic rings. The summed E-state index contributed by atoms with van der Waals surface area (Å²) in [6.07, 6.45) is 4.78. The van der Waals surface area contributed by atoms with Crippen molar-refractivity contribution in [1.82, 2.24) is 15.1 Å². The fraction of sp³-hybridized carbons (Fsp3) is 0.471. The van der Waals surface area contributed by atoms with E-state index in [-0.39, 0.29) is 19.1 Å². The van der Waals surface area contributed by atoms with E-state index in [0.717, 1.165) is 29.4 Å². The van der Waals surface area contributed by atoms with Crippen LogP contribution in [0.25, 0.3) is 10.8 Å². The summed E-state index contributed by atoms with van der Waals surface area (Å²) in [4.78, 5) is 14.0. The first-order chi connectivity index (χ1) is 11.2. The molecule has 1 fully saturated rings. The van der Waals surface area contributed by atoms with Crippen molar-refractivity contribution in [3.8, 4) is 0 Å². The standard InChI is InChI=1S/C17H22N4O2/c1-21(10-11-22)17(23)15-13-8-4-5-9-14(13)16(20-19-15)18-12-6-2-3-7-12/h4-5,8-9,12,22H,2-3,6-7,10-11H2,1H3,(H,18,20). The number of benzene rings is 1. The Morgan fingerprint density at radius 3 is 2.65 bits per heavy atom. The Morgan fingerprint density at radius 2 is 1.96 bits per heavy atom. The van der Waals surface area contributed by atoms with Gasteiger partial charge in [-0.3, -0.25) is 4.79 Å². The third-order valence-corrected chi connectivity index (χ3v) is 4.37. The zero-order valence-corrected chi connectivity index (χ0v) is 13.3. The van der Waals surface area contributed by atoms with Crippen LogP contribution in [0.4, 0.5) is 5.82 Å². The molecule has 23 heavy (non-hydrogen) atoms. The number of carbonyl (C=O) groups is 1. The Labute approximate surface area is 135 Å². The lowest BCUT2D eigenvalue weighted by Gasteiger charge is -2.18. The SMILES string of the molecule is CN(CCO)C(=O)c1nnc(NC2CCCC2)c2ccccc12. The molecular weight excluding hydrogens is 292 g/mol. The molecule has 6 nitrogen and oxygen atoms in total. The van der Waals surface area contributed by atoms with Crippen molar-refractivity contribution >= 4 is 22.5 Å². The van der Waals surface area contributed by atoms with E-state index < -0.39 is 0 Å². The maximum absolute atomic E-state index is 12.5. The number of aliphatic hydroxyl groups is 1. The lowest BCUT2D eigenvalue weighted by Crippen LogP contribution is -2.30. The van der Waals surface area contributed by atoms with Crippen molar-refractivity contribution in [3.63, 3.8) is 0 Å². The van der Waals surface area contributed by atoms with Crippen LogP contribution in [0.1, 0.15) is 36.2 Å². The van der Waals surface area contributed by atoms with Gasteiger partial charge >= 0.3 is 0 Å². The highest BCUT2D eigenvalue weighted by atomic mass is 16.3. The fourth-order valence-corrected chi connectivity index (χ4v) is 3.06. The molecule has 1 heterocycles. The normalized spacial score (nSPS) is 15.0. The Bertz CT molecular complexity index is 698. The van der Waals surface area contributed by atoms with Crippen molar-refractivity contribution in [2.75, 3.05) is 25.5 Å². The van der Waals surface area contributed by atoms with Gasteiger partial charge in [0.2, 0.25) is 0 Å². The van der Waals surface area contributed by atoms with E-state index >= 15 is 0 Å². The van der Waals surface area contributed by atoms with Gasteiger partial charge in [0.1, 0.15) is 0 Å². The predicted molar refractivity (Wildman–Crippen MR) is 89.5 cm³/mol. The topological polar surface area (TPSA) is 78.3 Å². The number of amides is 1. The van der Waals surface area contributed by atoms with Crippen LogP contribution < -0.4 is 5.32 Å². The molecule has 1 aromatic carbocycles. The van der Waals surface area contributed by atoms with Crippen molar-refractivity contribution in [3.05, 3.63) is 30.0 Å². The van der Waals surface area contributed by atoms with Crippen LogP contribution >= 0.6 is 0 Å². The molecule has 6 heteroatoms. The van der Waals surface area contributed by atoms with Gasteiger partial charge in [-0.2, -0.15) is 0 Å². The molecule has 1 aliphatic carbocycles. The van der Waals surface area contributed by atoms with Crippen LogP contribution in [-0.2, 0) is 0 Å². The summed E-state index contributed by atoms with van der Waals surface area (Å²) in [6.45, 7) is 0.200. The first kappa shape index (κ1) is 15.7. The van der Waals surface area contributed by atoms with E-state index in [0.29, 0.717) is 11.7 Å². The van der Waals surface area contributed by atoms with Gasteiger partial charge in [-0.15, -0.1) is 10.2 Å². The summed E-state index contributed by atoms with van der Waals surface area (Å²) < 4.78 is 0. The summed E-state index contributed by atoms with van der Waals surface area (Å²) >= 11 is 0. The molecule has 0 saturated heterocycles. The number of carbonyl (C=O) groups excluding carboxylic acids is 1. The second-order valence-electron chi connectivity index (χ2n) is 6.02. The molecule has 0 bridgehead atoms. The van der Waals surface area contributed by atoms with E-state index in [1.807, 2.05) is 24.3 Å². The van der Waals surface area contributed by atoms with Gasteiger partial charge in [0.05, 0.1) is 6.61 Å². The monoisotopic (exact) mass is 314 g/mol. The quantitative estimate of drug-likeness (QED) is 0.883. The number of likely N-dealkylation sites (N-methyl/N-ethyl adjacent to an activating group) is 1. The number of aliphatic hydroxyl groups excluding tert-OH is 1. The average Bonchev–Trinajstić information content (AvgIpc) is 3.08. The van der Waals surface area contributed by atoms with Crippen LogP contribution in [-0.4, -0.2) is 52.4 Å². The van der Waals surface area contributed by atoms with Crippen LogP contribution in [0.5, 0.6) is 0 Å². The predicted octanol–water partition coefficient (Wildman–Crippen LogP) is 2.05. The number of rotatable bonds is 5. The Morgan fingerprint density at radius 1 is 1.26 bits per heavy atom. The molecule has 1 aromatic heterocycles. The molecule has 0 radical (unpaired) electrons. The first-order valence-corrected chi connectivity index (χ1v) is 8.09. The zero-order valence-electron chi connectivity index (χ0n) is 13.3. The maximum Gasteiger partial charge on any atom is 0.274 e. The second kappa shape index (κ2) is 6.91. The van der Waals surface area contributed by atoms with Crippen molar-refractivity contribution in [1.29, 1.82) is 0 Å². The van der Waals surface area contributed by atoms with Gasteiger partial charge in [0, 0.05) is 30.4 Å². The number of hydrogen-bond acceptors (Lipinski definition) is 5. The van der Waals surface area contributed by atoms with E-state index in [1.54, 1.807) is 7.05 Å². The van der Waals surface area contributed by atoms with Gasteiger partial charge in [-0.25, -0.2) is 0 Å². The third-order valence-electron chi connectivity index (χ3n) is 4.37. The van der Waals surface area contributed by atoms with E-state index in [1.165, 1.54) is 17.7 Å². The van der Waals surface area contributed by atoms with Crippen LogP contribution in [0.15, 0.2) is 24.3 Å². The fourth-order valence-electron chi connectivity index (χ4n) is 3.06. The summed E-state index contributed by atoms with van der Waals surface area (Å²) in [6, 6.07) is 8.13.